The summed E-state index contributed by atoms with van der Waals surface area (Å²) in [4.78, 5) is 0. The molecule has 2 fully saturated rings. The normalized spacial score (nSPS) is 33.5. The minimum atomic E-state index is -4.76. The molecule has 2 unspecified atom stereocenters. The van der Waals surface area contributed by atoms with Gasteiger partial charge in [-0.15, -0.1) is 0 Å². The number of alkyl halides is 3. The van der Waals surface area contributed by atoms with Gasteiger partial charge < -0.3 is 9.84 Å². The van der Waals surface area contributed by atoms with Crippen LogP contribution < -0.4 is 0 Å². The molecule has 110 valence electrons. The summed E-state index contributed by atoms with van der Waals surface area (Å²) in [6.45, 7) is 0. The lowest BCUT2D eigenvalue weighted by molar-refractivity contribution is -0.140. The van der Waals surface area contributed by atoms with Gasteiger partial charge in [0.05, 0.1) is 23.4 Å². The van der Waals surface area contributed by atoms with E-state index in [4.69, 9.17) is 4.74 Å². The van der Waals surface area contributed by atoms with Crippen molar-refractivity contribution >= 4 is 0 Å². The molecule has 0 aromatic heterocycles. The summed E-state index contributed by atoms with van der Waals surface area (Å²) >= 11 is 0. The third kappa shape index (κ3) is 2.31. The average Bonchev–Trinajstić information content (AvgIpc) is 2.68. The van der Waals surface area contributed by atoms with Crippen LogP contribution in [0.2, 0.25) is 0 Å². The van der Waals surface area contributed by atoms with Gasteiger partial charge in [-0.1, -0.05) is 6.07 Å². The smallest absolute Gasteiger partial charge is 0.385 e. The Kier molecular flexibility index (Phi) is 3.06. The van der Waals surface area contributed by atoms with Crippen molar-refractivity contribution in [3.8, 4) is 0 Å². The number of rotatable bonds is 1. The van der Waals surface area contributed by atoms with Crippen molar-refractivity contribution in [1.29, 1.82) is 0 Å². The lowest BCUT2D eigenvalue weighted by atomic mass is 9.83. The van der Waals surface area contributed by atoms with Gasteiger partial charge in [-0.3, -0.25) is 0 Å². The van der Waals surface area contributed by atoms with Crippen LogP contribution in [0.3, 0.4) is 0 Å². The summed E-state index contributed by atoms with van der Waals surface area (Å²) in [5, 5.41) is 10.6. The third-order valence-electron chi connectivity index (χ3n) is 4.14. The Hall–Kier alpha value is -1.14. The van der Waals surface area contributed by atoms with Gasteiger partial charge in [0.25, 0.3) is 0 Å². The number of ether oxygens (including phenoxy) is 1. The molecule has 2 atom stereocenters. The van der Waals surface area contributed by atoms with Crippen LogP contribution >= 0.6 is 0 Å². The molecule has 0 spiro atoms. The van der Waals surface area contributed by atoms with Gasteiger partial charge >= 0.3 is 6.18 Å². The maximum atomic E-state index is 13.3. The van der Waals surface area contributed by atoms with Gasteiger partial charge in [0.15, 0.2) is 0 Å². The summed E-state index contributed by atoms with van der Waals surface area (Å²) in [6, 6.07) is 2.73. The first kappa shape index (κ1) is 13.8. The van der Waals surface area contributed by atoms with Gasteiger partial charge in [0.1, 0.15) is 5.82 Å². The number of hydrogen-bond acceptors (Lipinski definition) is 2. The Morgan fingerprint density at radius 1 is 1.15 bits per heavy atom. The molecule has 2 bridgehead atoms. The fourth-order valence-electron chi connectivity index (χ4n) is 3.18. The van der Waals surface area contributed by atoms with E-state index < -0.39 is 23.2 Å². The molecule has 0 amide bonds. The summed E-state index contributed by atoms with van der Waals surface area (Å²) < 4.78 is 57.1. The van der Waals surface area contributed by atoms with E-state index in [1.807, 2.05) is 0 Å². The van der Waals surface area contributed by atoms with Crippen molar-refractivity contribution < 1.29 is 27.4 Å². The topological polar surface area (TPSA) is 29.5 Å². The summed E-state index contributed by atoms with van der Waals surface area (Å²) in [5.41, 5.74) is -2.58. The van der Waals surface area contributed by atoms with Crippen molar-refractivity contribution in [3.63, 3.8) is 0 Å². The molecule has 0 radical (unpaired) electrons. The Morgan fingerprint density at radius 2 is 1.75 bits per heavy atom. The van der Waals surface area contributed by atoms with Crippen LogP contribution in [-0.2, 0) is 16.5 Å². The van der Waals surface area contributed by atoms with E-state index in [0.29, 0.717) is 0 Å². The standard InChI is InChI=1S/C14H14F4O2/c15-12-4-1-8(5-11(12)14(16,17)18)13(19)6-9-2-3-10(7-13)20-9/h1,4-5,9-10,19H,2-3,6-7H2. The van der Waals surface area contributed by atoms with Crippen molar-refractivity contribution in [3.05, 3.63) is 35.1 Å². The zero-order valence-electron chi connectivity index (χ0n) is 10.6. The molecule has 2 aliphatic heterocycles. The van der Waals surface area contributed by atoms with Crippen molar-refractivity contribution in [2.45, 2.75) is 49.7 Å². The fraction of sp³-hybridized carbons (Fsp3) is 0.571. The van der Waals surface area contributed by atoms with E-state index in [1.165, 1.54) is 6.07 Å². The van der Waals surface area contributed by atoms with E-state index in [-0.39, 0.29) is 30.6 Å². The Bertz CT molecular complexity index is 514. The number of hydrogen-bond donors (Lipinski definition) is 1. The van der Waals surface area contributed by atoms with Crippen molar-refractivity contribution in [2.24, 2.45) is 0 Å². The number of halogens is 4. The van der Waals surface area contributed by atoms with Gasteiger partial charge in [0, 0.05) is 12.8 Å². The molecule has 2 saturated heterocycles. The Morgan fingerprint density at radius 3 is 2.30 bits per heavy atom. The fourth-order valence-corrected chi connectivity index (χ4v) is 3.18. The van der Waals surface area contributed by atoms with Gasteiger partial charge in [-0.2, -0.15) is 13.2 Å². The molecular formula is C14H14F4O2. The minimum absolute atomic E-state index is 0.117. The Labute approximate surface area is 113 Å². The minimum Gasteiger partial charge on any atom is -0.385 e. The molecule has 6 heteroatoms. The van der Waals surface area contributed by atoms with Crippen LogP contribution in [0.25, 0.3) is 0 Å². The second kappa shape index (κ2) is 4.43. The van der Waals surface area contributed by atoms with Crippen molar-refractivity contribution in [1.82, 2.24) is 0 Å². The quantitative estimate of drug-likeness (QED) is 0.804. The van der Waals surface area contributed by atoms with E-state index in [9.17, 15) is 22.7 Å². The Balaban J connectivity index is 1.98. The van der Waals surface area contributed by atoms with E-state index in [1.54, 1.807) is 0 Å². The molecular weight excluding hydrogens is 276 g/mol. The highest BCUT2D eigenvalue weighted by molar-refractivity contribution is 5.32. The monoisotopic (exact) mass is 290 g/mol. The van der Waals surface area contributed by atoms with Crippen LogP contribution in [-0.4, -0.2) is 17.3 Å². The summed E-state index contributed by atoms with van der Waals surface area (Å²) in [5.74, 6) is -1.32. The summed E-state index contributed by atoms with van der Waals surface area (Å²) in [6.07, 6.45) is -2.89. The highest BCUT2D eigenvalue weighted by Crippen LogP contribution is 2.45. The average molecular weight is 290 g/mol. The van der Waals surface area contributed by atoms with Crippen LogP contribution in [0.1, 0.15) is 36.8 Å². The number of benzene rings is 1. The van der Waals surface area contributed by atoms with E-state index in [0.717, 1.165) is 25.0 Å². The number of aliphatic hydroxyl groups is 1. The van der Waals surface area contributed by atoms with E-state index >= 15 is 0 Å². The molecule has 2 nitrogen and oxygen atoms in total. The highest BCUT2D eigenvalue weighted by Gasteiger charge is 2.45. The lowest BCUT2D eigenvalue weighted by Crippen LogP contribution is -2.38. The maximum Gasteiger partial charge on any atom is 0.419 e. The molecule has 2 aliphatic rings. The predicted octanol–water partition coefficient (Wildman–Crippen LogP) is 3.37. The second-order valence-corrected chi connectivity index (χ2v) is 5.59. The van der Waals surface area contributed by atoms with Crippen LogP contribution in [0.5, 0.6) is 0 Å². The van der Waals surface area contributed by atoms with Gasteiger partial charge in [-0.25, -0.2) is 4.39 Å². The van der Waals surface area contributed by atoms with Crippen LogP contribution in [0.15, 0.2) is 18.2 Å². The molecule has 0 aliphatic carbocycles. The second-order valence-electron chi connectivity index (χ2n) is 5.59. The number of fused-ring (bicyclic) bond motifs is 2. The summed E-state index contributed by atoms with van der Waals surface area (Å²) in [7, 11) is 0. The van der Waals surface area contributed by atoms with Gasteiger partial charge in [-0.05, 0) is 30.5 Å². The first-order chi connectivity index (χ1) is 9.28. The zero-order valence-corrected chi connectivity index (χ0v) is 10.6. The lowest BCUT2D eigenvalue weighted by Gasteiger charge is -2.37. The first-order valence-electron chi connectivity index (χ1n) is 6.53. The third-order valence-corrected chi connectivity index (χ3v) is 4.14. The van der Waals surface area contributed by atoms with Crippen molar-refractivity contribution in [2.75, 3.05) is 0 Å². The molecule has 1 N–H and O–H groups in total. The highest BCUT2D eigenvalue weighted by atomic mass is 19.4. The molecule has 2 heterocycles. The van der Waals surface area contributed by atoms with Crippen LogP contribution in [0.4, 0.5) is 17.6 Å². The molecule has 1 aromatic rings. The molecule has 3 rings (SSSR count). The maximum absolute atomic E-state index is 13.3. The van der Waals surface area contributed by atoms with Crippen LogP contribution in [0, 0.1) is 5.82 Å². The largest absolute Gasteiger partial charge is 0.419 e. The first-order valence-corrected chi connectivity index (χ1v) is 6.53. The molecule has 20 heavy (non-hydrogen) atoms. The zero-order chi connectivity index (χ0) is 14.5. The molecule has 0 saturated carbocycles. The van der Waals surface area contributed by atoms with Gasteiger partial charge in [0.2, 0.25) is 0 Å². The predicted molar refractivity (Wildman–Crippen MR) is 62.4 cm³/mol. The molecule has 1 aromatic carbocycles. The SMILES string of the molecule is OC1(c2ccc(F)c(C(F)(F)F)c2)CC2CCC(C1)O2. The van der Waals surface area contributed by atoms with E-state index in [2.05, 4.69) is 0 Å².